The Morgan fingerprint density at radius 2 is 2.07 bits per heavy atom. The fourth-order valence-corrected chi connectivity index (χ4v) is 5.74. The highest BCUT2D eigenvalue weighted by atomic mass is 32.2. The van der Waals surface area contributed by atoms with Gasteiger partial charge in [-0.05, 0) is 57.2 Å². The molecule has 1 saturated heterocycles. The maximum absolute atomic E-state index is 13.0. The molecule has 0 radical (unpaired) electrons. The van der Waals surface area contributed by atoms with E-state index in [2.05, 4.69) is 27.9 Å². The first kappa shape index (κ1) is 20.5. The van der Waals surface area contributed by atoms with Crippen LogP contribution in [0.4, 0.5) is 0 Å². The number of hydrogen-bond acceptors (Lipinski definition) is 6. The van der Waals surface area contributed by atoms with Crippen LogP contribution in [0.25, 0.3) is 0 Å². The minimum absolute atomic E-state index is 0.0566. The molecule has 1 aliphatic carbocycles. The van der Waals surface area contributed by atoms with Crippen LogP contribution in [0, 0.1) is 12.8 Å². The predicted molar refractivity (Wildman–Crippen MR) is 110 cm³/mol. The second-order valence-corrected chi connectivity index (χ2v) is 10.4. The molecule has 0 bridgehead atoms. The molecule has 2 aliphatic rings. The quantitative estimate of drug-likeness (QED) is 0.623. The topological polar surface area (TPSA) is 77.3 Å². The lowest BCUT2D eigenvalue weighted by molar-refractivity contribution is 0.0934. The normalized spacial score (nSPS) is 19.9. The Bertz CT molecular complexity index is 947. The summed E-state index contributed by atoms with van der Waals surface area (Å²) in [5.74, 6) is 0.504. The van der Waals surface area contributed by atoms with Crippen LogP contribution in [-0.2, 0) is 34.2 Å². The minimum Gasteiger partial charge on any atom is -0.376 e. The van der Waals surface area contributed by atoms with E-state index in [1.54, 1.807) is 12.4 Å². The summed E-state index contributed by atoms with van der Waals surface area (Å²) in [6.07, 6.45) is 7.58. The van der Waals surface area contributed by atoms with Gasteiger partial charge in [0, 0.05) is 25.9 Å². The van der Waals surface area contributed by atoms with Gasteiger partial charge in [-0.2, -0.15) is 0 Å². The molecule has 3 heterocycles. The van der Waals surface area contributed by atoms with Gasteiger partial charge in [-0.25, -0.2) is 13.4 Å². The Kier molecular flexibility index (Phi) is 6.03. The van der Waals surface area contributed by atoms with Crippen LogP contribution in [0.2, 0.25) is 0 Å². The maximum Gasteiger partial charge on any atom is 0.227 e. The van der Waals surface area contributed by atoms with Crippen molar-refractivity contribution in [3.05, 3.63) is 41.5 Å². The Balaban J connectivity index is 1.55. The molecule has 2 aromatic rings. The Labute approximate surface area is 173 Å². The van der Waals surface area contributed by atoms with Crippen molar-refractivity contribution >= 4 is 9.84 Å². The van der Waals surface area contributed by atoms with E-state index in [1.807, 2.05) is 17.7 Å². The number of nitrogens with zero attached hydrogens (tertiary/aromatic N) is 4. The number of rotatable bonds is 9. The monoisotopic (exact) mass is 418 g/mol. The van der Waals surface area contributed by atoms with Gasteiger partial charge in [0.05, 0.1) is 36.0 Å². The first-order chi connectivity index (χ1) is 13.9. The van der Waals surface area contributed by atoms with Crippen LogP contribution in [0.1, 0.15) is 42.6 Å². The molecular weight excluding hydrogens is 388 g/mol. The van der Waals surface area contributed by atoms with Crippen LogP contribution < -0.4 is 0 Å². The third-order valence-electron chi connectivity index (χ3n) is 5.71. The Morgan fingerprint density at radius 1 is 1.24 bits per heavy atom. The fraction of sp³-hybridized carbons (Fsp3) is 0.619. The molecule has 0 N–H and O–H groups in total. The number of hydrogen-bond donors (Lipinski definition) is 0. The average Bonchev–Trinajstić information content (AvgIpc) is 3.15. The van der Waals surface area contributed by atoms with E-state index in [1.165, 1.54) is 0 Å². The van der Waals surface area contributed by atoms with Crippen molar-refractivity contribution in [3.63, 3.8) is 0 Å². The van der Waals surface area contributed by atoms with Gasteiger partial charge in [0.15, 0.2) is 0 Å². The van der Waals surface area contributed by atoms with Crippen molar-refractivity contribution in [3.8, 4) is 0 Å². The number of pyridine rings is 1. The molecule has 7 nitrogen and oxygen atoms in total. The summed E-state index contributed by atoms with van der Waals surface area (Å²) in [7, 11) is -1.36. The summed E-state index contributed by atoms with van der Waals surface area (Å²) in [5, 5.41) is 0.206. The highest BCUT2D eigenvalue weighted by Gasteiger charge is 2.33. The van der Waals surface area contributed by atoms with Gasteiger partial charge in [0.1, 0.15) is 0 Å². The summed E-state index contributed by atoms with van der Waals surface area (Å²) in [6, 6.07) is 3.99. The Morgan fingerprint density at radius 3 is 2.76 bits per heavy atom. The van der Waals surface area contributed by atoms with Crippen LogP contribution in [0.15, 0.2) is 29.7 Å². The van der Waals surface area contributed by atoms with E-state index >= 15 is 0 Å². The van der Waals surface area contributed by atoms with Crippen molar-refractivity contribution in [1.82, 2.24) is 19.4 Å². The molecule has 2 aromatic heterocycles. The lowest BCUT2D eigenvalue weighted by Gasteiger charge is -2.20. The van der Waals surface area contributed by atoms with Crippen LogP contribution in [0.3, 0.4) is 0 Å². The smallest absolute Gasteiger partial charge is 0.227 e. The van der Waals surface area contributed by atoms with E-state index in [0.29, 0.717) is 25.6 Å². The lowest BCUT2D eigenvalue weighted by atomic mass is 10.2. The number of sulfone groups is 1. The summed E-state index contributed by atoms with van der Waals surface area (Å²) in [5.41, 5.74) is 3.09. The lowest BCUT2D eigenvalue weighted by Crippen LogP contribution is -2.25. The largest absolute Gasteiger partial charge is 0.376 e. The molecular formula is C21H30N4O3S. The molecule has 1 aliphatic heterocycles. The number of imidazole rings is 1. The van der Waals surface area contributed by atoms with Gasteiger partial charge in [0.2, 0.25) is 15.0 Å². The molecule has 8 heteroatoms. The molecule has 4 rings (SSSR count). The van der Waals surface area contributed by atoms with E-state index in [-0.39, 0.29) is 17.0 Å². The second-order valence-electron chi connectivity index (χ2n) is 8.44. The fourth-order valence-electron chi connectivity index (χ4n) is 3.90. The molecule has 0 spiro atoms. The second kappa shape index (κ2) is 8.53. The molecule has 158 valence electrons. The van der Waals surface area contributed by atoms with Gasteiger partial charge in [-0.15, -0.1) is 0 Å². The first-order valence-electron chi connectivity index (χ1n) is 10.4. The minimum atomic E-state index is -3.38. The van der Waals surface area contributed by atoms with E-state index < -0.39 is 9.84 Å². The van der Waals surface area contributed by atoms with E-state index in [4.69, 9.17) is 4.74 Å². The Hall–Kier alpha value is -1.77. The zero-order valence-electron chi connectivity index (χ0n) is 17.2. The summed E-state index contributed by atoms with van der Waals surface area (Å²) in [4.78, 5) is 11.0. The SMILES string of the molecule is Cc1cccnc1CN(C)Cc1cnc(S(=O)(=O)CC2CC2)n1CC1CCCO1. The van der Waals surface area contributed by atoms with Gasteiger partial charge in [0.25, 0.3) is 0 Å². The van der Waals surface area contributed by atoms with Crippen molar-refractivity contribution in [1.29, 1.82) is 0 Å². The van der Waals surface area contributed by atoms with Gasteiger partial charge >= 0.3 is 0 Å². The summed E-state index contributed by atoms with van der Waals surface area (Å²) in [6.45, 7) is 4.65. The molecule has 1 unspecified atom stereocenters. The standard InChI is InChI=1S/C21H30N4O3S/c1-16-5-3-9-22-20(16)14-24(2)12-18-11-23-21(29(26,27)15-17-7-8-17)25(18)13-19-6-4-10-28-19/h3,5,9,11,17,19H,4,6-8,10,12-15H2,1-2H3. The third kappa shape index (κ3) is 5.05. The van der Waals surface area contributed by atoms with E-state index in [9.17, 15) is 8.42 Å². The molecule has 2 fully saturated rings. The van der Waals surface area contributed by atoms with Crippen molar-refractivity contribution in [2.24, 2.45) is 5.92 Å². The van der Waals surface area contributed by atoms with Crippen LogP contribution in [-0.4, -0.2) is 53.4 Å². The number of ether oxygens (including phenoxy) is 1. The number of aromatic nitrogens is 3. The highest BCUT2D eigenvalue weighted by Crippen LogP contribution is 2.32. The summed E-state index contributed by atoms with van der Waals surface area (Å²) < 4.78 is 33.6. The molecule has 0 amide bonds. The molecule has 0 aromatic carbocycles. The van der Waals surface area contributed by atoms with Gasteiger partial charge in [-0.1, -0.05) is 6.07 Å². The molecule has 1 atom stereocenters. The third-order valence-corrected chi connectivity index (χ3v) is 7.50. The zero-order chi connectivity index (χ0) is 20.4. The number of aryl methyl sites for hydroxylation is 1. The zero-order valence-corrected chi connectivity index (χ0v) is 18.1. The predicted octanol–water partition coefficient (Wildman–Crippen LogP) is 2.58. The highest BCUT2D eigenvalue weighted by molar-refractivity contribution is 7.91. The van der Waals surface area contributed by atoms with Crippen molar-refractivity contribution in [2.45, 2.75) is 63.5 Å². The van der Waals surface area contributed by atoms with Crippen molar-refractivity contribution < 1.29 is 13.2 Å². The molecule has 1 saturated carbocycles. The van der Waals surface area contributed by atoms with E-state index in [0.717, 1.165) is 49.2 Å². The maximum atomic E-state index is 13.0. The summed E-state index contributed by atoms with van der Waals surface area (Å²) >= 11 is 0. The average molecular weight is 419 g/mol. The van der Waals surface area contributed by atoms with Crippen molar-refractivity contribution in [2.75, 3.05) is 19.4 Å². The van der Waals surface area contributed by atoms with Gasteiger partial charge < -0.3 is 9.30 Å². The van der Waals surface area contributed by atoms with Crippen LogP contribution >= 0.6 is 0 Å². The molecule has 29 heavy (non-hydrogen) atoms. The first-order valence-corrected chi connectivity index (χ1v) is 12.1. The van der Waals surface area contributed by atoms with Crippen LogP contribution in [0.5, 0.6) is 0 Å². The van der Waals surface area contributed by atoms with Gasteiger partial charge in [-0.3, -0.25) is 9.88 Å².